The Bertz CT molecular complexity index is 227. The number of rotatable bonds is 3. The summed E-state index contributed by atoms with van der Waals surface area (Å²) in [6, 6.07) is 4.04. The third-order valence-electron chi connectivity index (χ3n) is 1.42. The van der Waals surface area contributed by atoms with Crippen molar-refractivity contribution in [2.45, 2.75) is 11.4 Å². The highest BCUT2D eigenvalue weighted by atomic mass is 32.2. The van der Waals surface area contributed by atoms with Crippen LogP contribution in [-0.4, -0.2) is 18.0 Å². The van der Waals surface area contributed by atoms with E-state index in [4.69, 9.17) is 5.11 Å². The van der Waals surface area contributed by atoms with E-state index in [0.717, 1.165) is 0 Å². The molecule has 0 aliphatic heterocycles. The lowest BCUT2D eigenvalue weighted by molar-refractivity contribution is -0.699. The summed E-state index contributed by atoms with van der Waals surface area (Å²) in [4.78, 5) is 1.22. The molecule has 0 spiro atoms. The van der Waals surface area contributed by atoms with Crippen molar-refractivity contribution in [3.8, 4) is 0 Å². The van der Waals surface area contributed by atoms with Crippen molar-refractivity contribution in [1.82, 2.24) is 0 Å². The number of thioether (sulfide) groups is 1. The molecule has 0 saturated carbocycles. The number of nitrogens with zero attached hydrogens (tertiary/aromatic N) is 1. The monoisotopic (exact) mass is 170 g/mol. The van der Waals surface area contributed by atoms with E-state index in [0.29, 0.717) is 6.54 Å². The van der Waals surface area contributed by atoms with Crippen molar-refractivity contribution in [3.63, 3.8) is 0 Å². The number of pyridine rings is 1. The van der Waals surface area contributed by atoms with E-state index in [1.807, 2.05) is 29.3 Å². The molecule has 0 atom stereocenters. The average Bonchev–Trinajstić information content (AvgIpc) is 2.06. The Labute approximate surface area is 70.9 Å². The topological polar surface area (TPSA) is 24.1 Å². The maximum absolute atomic E-state index is 8.66. The molecule has 0 radical (unpaired) electrons. The van der Waals surface area contributed by atoms with Gasteiger partial charge in [-0.25, -0.2) is 4.57 Å². The molecule has 1 aromatic heterocycles. The predicted molar refractivity (Wildman–Crippen MR) is 45.5 cm³/mol. The van der Waals surface area contributed by atoms with Crippen LogP contribution in [0.2, 0.25) is 0 Å². The van der Waals surface area contributed by atoms with E-state index in [1.165, 1.54) is 4.90 Å². The molecule has 1 rings (SSSR count). The molecule has 0 bridgehead atoms. The van der Waals surface area contributed by atoms with Gasteiger partial charge in [-0.2, -0.15) is 0 Å². The molecule has 0 fully saturated rings. The summed E-state index contributed by atoms with van der Waals surface area (Å²) < 4.78 is 1.98. The zero-order chi connectivity index (χ0) is 8.10. The van der Waals surface area contributed by atoms with Crippen LogP contribution in [0, 0.1) is 0 Å². The lowest BCUT2D eigenvalue weighted by Gasteiger charge is -1.94. The number of hydrogen-bond donors (Lipinski definition) is 1. The first-order valence-corrected chi connectivity index (χ1v) is 4.73. The molecule has 0 unspecified atom stereocenters. The Morgan fingerprint density at radius 2 is 2.45 bits per heavy atom. The molecule has 0 aliphatic carbocycles. The second-order valence-electron chi connectivity index (χ2n) is 2.21. The number of aliphatic hydroxyl groups is 1. The van der Waals surface area contributed by atoms with Gasteiger partial charge in [-0.1, -0.05) is 0 Å². The molecule has 0 amide bonds. The van der Waals surface area contributed by atoms with Crippen LogP contribution in [0.15, 0.2) is 29.4 Å². The summed E-state index contributed by atoms with van der Waals surface area (Å²) in [5.41, 5.74) is 0. The Balaban J connectivity index is 2.74. The van der Waals surface area contributed by atoms with Crippen molar-refractivity contribution in [2.24, 2.45) is 0 Å². The van der Waals surface area contributed by atoms with Crippen LogP contribution in [-0.2, 0) is 6.54 Å². The Kier molecular flexibility index (Phi) is 3.39. The summed E-state index contributed by atoms with van der Waals surface area (Å²) in [6.07, 6.45) is 6.02. The minimum Gasteiger partial charge on any atom is -0.390 e. The summed E-state index contributed by atoms with van der Waals surface area (Å²) in [7, 11) is 0. The summed E-state index contributed by atoms with van der Waals surface area (Å²) in [6.45, 7) is 0.872. The van der Waals surface area contributed by atoms with Crippen LogP contribution in [0.3, 0.4) is 0 Å². The first kappa shape index (κ1) is 8.56. The highest BCUT2D eigenvalue weighted by Gasteiger charge is 1.98. The molecular weight excluding hydrogens is 158 g/mol. The van der Waals surface area contributed by atoms with Crippen LogP contribution in [0.25, 0.3) is 0 Å². The van der Waals surface area contributed by atoms with Gasteiger partial charge in [0.05, 0.1) is 4.90 Å². The second kappa shape index (κ2) is 4.36. The molecule has 0 aliphatic rings. The highest BCUT2D eigenvalue weighted by molar-refractivity contribution is 7.98. The molecular formula is C8H12NOS+. The summed E-state index contributed by atoms with van der Waals surface area (Å²) in [5.74, 6) is 0. The fraction of sp³-hybridized carbons (Fsp3) is 0.375. The lowest BCUT2D eigenvalue weighted by atomic mass is 10.5. The largest absolute Gasteiger partial charge is 0.390 e. The second-order valence-corrected chi connectivity index (χ2v) is 3.08. The zero-order valence-electron chi connectivity index (χ0n) is 6.53. The first-order valence-electron chi connectivity index (χ1n) is 3.51. The van der Waals surface area contributed by atoms with E-state index in [9.17, 15) is 0 Å². The first-order chi connectivity index (χ1) is 5.36. The zero-order valence-corrected chi connectivity index (χ0v) is 7.34. The van der Waals surface area contributed by atoms with Crippen LogP contribution in [0.5, 0.6) is 0 Å². The fourth-order valence-corrected chi connectivity index (χ4v) is 1.33. The summed E-state index contributed by atoms with van der Waals surface area (Å²) >= 11 is 1.71. The van der Waals surface area contributed by atoms with Gasteiger partial charge in [0, 0.05) is 6.07 Å². The number of aromatic nitrogens is 1. The van der Waals surface area contributed by atoms with Crippen molar-refractivity contribution in [3.05, 3.63) is 24.5 Å². The molecule has 2 nitrogen and oxygen atoms in total. The molecule has 60 valence electrons. The van der Waals surface area contributed by atoms with Gasteiger partial charge in [-0.3, -0.25) is 0 Å². The third-order valence-corrected chi connectivity index (χ3v) is 2.14. The van der Waals surface area contributed by atoms with Gasteiger partial charge >= 0.3 is 0 Å². The van der Waals surface area contributed by atoms with Crippen LogP contribution < -0.4 is 4.57 Å². The smallest absolute Gasteiger partial charge is 0.182 e. The van der Waals surface area contributed by atoms with E-state index < -0.39 is 0 Å². The molecule has 1 heterocycles. The molecule has 0 aromatic carbocycles. The van der Waals surface area contributed by atoms with Crippen LogP contribution >= 0.6 is 11.8 Å². The Hall–Kier alpha value is -0.540. The molecule has 1 aromatic rings. The van der Waals surface area contributed by atoms with E-state index >= 15 is 0 Å². The van der Waals surface area contributed by atoms with Gasteiger partial charge < -0.3 is 5.11 Å². The van der Waals surface area contributed by atoms with Crippen molar-refractivity contribution < 1.29 is 9.67 Å². The maximum atomic E-state index is 8.66. The average molecular weight is 170 g/mol. The van der Waals surface area contributed by atoms with E-state index in [2.05, 4.69) is 6.07 Å². The predicted octanol–water partition coefficient (Wildman–Crippen LogP) is 0.688. The van der Waals surface area contributed by atoms with Crippen molar-refractivity contribution in [1.29, 1.82) is 0 Å². The third kappa shape index (κ3) is 2.52. The Morgan fingerprint density at radius 3 is 3.09 bits per heavy atom. The van der Waals surface area contributed by atoms with Gasteiger partial charge in [0.15, 0.2) is 18.9 Å². The molecule has 3 heteroatoms. The van der Waals surface area contributed by atoms with E-state index in [1.54, 1.807) is 11.8 Å². The number of aliphatic hydroxyl groups excluding tert-OH is 1. The minimum absolute atomic E-state index is 0.197. The molecule has 1 N–H and O–H groups in total. The van der Waals surface area contributed by atoms with Crippen molar-refractivity contribution in [2.75, 3.05) is 12.9 Å². The lowest BCUT2D eigenvalue weighted by Crippen LogP contribution is -2.34. The van der Waals surface area contributed by atoms with Gasteiger partial charge in [-0.15, -0.1) is 11.8 Å². The van der Waals surface area contributed by atoms with Gasteiger partial charge in [0.25, 0.3) is 0 Å². The van der Waals surface area contributed by atoms with Crippen molar-refractivity contribution >= 4 is 11.8 Å². The standard InChI is InChI=1S/C8H12NOS/c1-11-8-3-2-4-9(7-8)5-6-10/h2-4,7,10H,5-6H2,1H3/q+1. The minimum atomic E-state index is 0.197. The van der Waals surface area contributed by atoms with Crippen LogP contribution in [0.4, 0.5) is 0 Å². The summed E-state index contributed by atoms with van der Waals surface area (Å²) in [5, 5.41) is 8.66. The quantitative estimate of drug-likeness (QED) is 0.533. The Morgan fingerprint density at radius 1 is 1.64 bits per heavy atom. The SMILES string of the molecule is CSc1ccc[n+](CCO)c1. The van der Waals surface area contributed by atoms with Gasteiger partial charge in [0.2, 0.25) is 0 Å². The van der Waals surface area contributed by atoms with Gasteiger partial charge in [-0.05, 0) is 12.3 Å². The highest BCUT2D eigenvalue weighted by Crippen LogP contribution is 2.09. The fourth-order valence-electron chi connectivity index (χ4n) is 0.873. The molecule has 11 heavy (non-hydrogen) atoms. The molecule has 0 saturated heterocycles. The normalized spacial score (nSPS) is 10.0. The maximum Gasteiger partial charge on any atom is 0.182 e. The van der Waals surface area contributed by atoms with E-state index in [-0.39, 0.29) is 6.61 Å². The van der Waals surface area contributed by atoms with Crippen LogP contribution in [0.1, 0.15) is 0 Å². The number of hydrogen-bond acceptors (Lipinski definition) is 2. The van der Waals surface area contributed by atoms with Gasteiger partial charge in [0.1, 0.15) is 6.61 Å².